The smallest absolute Gasteiger partial charge is 0.122 e. The number of methoxy groups -OCH3 is 2. The molecule has 0 saturated heterocycles. The number of hydrogen-bond acceptors (Lipinski definition) is 5. The van der Waals surface area contributed by atoms with Crippen molar-refractivity contribution in [2.24, 2.45) is 11.8 Å². The summed E-state index contributed by atoms with van der Waals surface area (Å²) in [6, 6.07) is 15.8. The summed E-state index contributed by atoms with van der Waals surface area (Å²) in [6.07, 6.45) is 3.09. The summed E-state index contributed by atoms with van der Waals surface area (Å²) in [4.78, 5) is 0. The summed E-state index contributed by atoms with van der Waals surface area (Å²) in [6.45, 7) is 1.42. The van der Waals surface area contributed by atoms with Gasteiger partial charge in [-0.1, -0.05) is 36.4 Å². The third-order valence-corrected chi connectivity index (χ3v) is 5.26. The van der Waals surface area contributed by atoms with Crippen molar-refractivity contribution in [2.75, 3.05) is 40.6 Å². The van der Waals surface area contributed by atoms with E-state index < -0.39 is 0 Å². The predicted octanol–water partition coefficient (Wildman–Crippen LogP) is 3.50. The first kappa shape index (κ1) is 23.2. The molecule has 0 aromatic heterocycles. The third-order valence-electron chi connectivity index (χ3n) is 5.26. The Bertz CT molecular complexity index is 644. The van der Waals surface area contributed by atoms with Crippen LogP contribution >= 0.6 is 0 Å². The summed E-state index contributed by atoms with van der Waals surface area (Å²) in [5, 5.41) is 19.4. The van der Waals surface area contributed by atoms with Crippen molar-refractivity contribution in [1.82, 2.24) is 0 Å². The van der Waals surface area contributed by atoms with Crippen molar-refractivity contribution < 1.29 is 24.4 Å². The maximum absolute atomic E-state index is 9.71. The van der Waals surface area contributed by atoms with E-state index in [1.807, 2.05) is 48.5 Å². The fourth-order valence-electron chi connectivity index (χ4n) is 3.48. The highest BCUT2D eigenvalue weighted by molar-refractivity contribution is 5.34. The quantitative estimate of drug-likeness (QED) is 0.474. The maximum atomic E-state index is 9.71. The topological polar surface area (TPSA) is 68.2 Å². The maximum Gasteiger partial charge on any atom is 0.122 e. The van der Waals surface area contributed by atoms with Crippen LogP contribution in [0.3, 0.4) is 0 Å². The first-order chi connectivity index (χ1) is 14.2. The summed E-state index contributed by atoms with van der Waals surface area (Å²) < 4.78 is 16.6. The molecular formula is C24H34O5. The number of benzene rings is 2. The number of ether oxygens (including phenoxy) is 3. The number of aliphatic hydroxyl groups excluding tert-OH is 2. The lowest BCUT2D eigenvalue weighted by Crippen LogP contribution is -2.16. The van der Waals surface area contributed by atoms with Gasteiger partial charge in [0.25, 0.3) is 0 Å². The van der Waals surface area contributed by atoms with Gasteiger partial charge in [0.15, 0.2) is 0 Å². The molecule has 0 bridgehead atoms. The average molecular weight is 403 g/mol. The van der Waals surface area contributed by atoms with Crippen molar-refractivity contribution >= 4 is 0 Å². The minimum Gasteiger partial charge on any atom is -0.496 e. The van der Waals surface area contributed by atoms with E-state index in [4.69, 9.17) is 14.2 Å². The number of hydrogen-bond donors (Lipinski definition) is 2. The van der Waals surface area contributed by atoms with E-state index in [-0.39, 0.29) is 25.0 Å². The second-order valence-electron chi connectivity index (χ2n) is 7.32. The van der Waals surface area contributed by atoms with Gasteiger partial charge in [0.2, 0.25) is 0 Å². The summed E-state index contributed by atoms with van der Waals surface area (Å²) in [5.74, 6) is 1.98. The molecule has 0 heterocycles. The van der Waals surface area contributed by atoms with Crippen LogP contribution in [-0.2, 0) is 17.6 Å². The van der Waals surface area contributed by atoms with E-state index in [9.17, 15) is 10.2 Å². The van der Waals surface area contributed by atoms with Crippen LogP contribution in [0.4, 0.5) is 0 Å². The third kappa shape index (κ3) is 7.69. The van der Waals surface area contributed by atoms with Crippen LogP contribution in [0.1, 0.15) is 24.0 Å². The van der Waals surface area contributed by atoms with Gasteiger partial charge < -0.3 is 24.4 Å². The zero-order valence-corrected chi connectivity index (χ0v) is 17.5. The fourth-order valence-corrected chi connectivity index (χ4v) is 3.48. The Morgan fingerprint density at radius 2 is 1.10 bits per heavy atom. The Morgan fingerprint density at radius 3 is 1.48 bits per heavy atom. The summed E-state index contributed by atoms with van der Waals surface area (Å²) >= 11 is 0. The van der Waals surface area contributed by atoms with Gasteiger partial charge in [-0.05, 0) is 60.8 Å². The number of para-hydroxylation sites is 2. The normalized spacial score (nSPS) is 13.1. The molecule has 2 N–H and O–H groups in total. The van der Waals surface area contributed by atoms with Gasteiger partial charge in [0, 0.05) is 26.4 Å². The van der Waals surface area contributed by atoms with Crippen LogP contribution in [0.15, 0.2) is 48.5 Å². The van der Waals surface area contributed by atoms with E-state index in [1.54, 1.807) is 14.2 Å². The zero-order chi connectivity index (χ0) is 20.9. The molecule has 0 fully saturated rings. The average Bonchev–Trinajstić information content (AvgIpc) is 2.77. The number of aliphatic hydroxyl groups is 2. The standard InChI is InChI=1S/C24H34O5/c1-27-23-9-5-3-7-21(23)15-19(17-25)11-13-29-14-12-20(18-26)16-22-8-4-6-10-24(22)28-2/h3-10,19-20,25-26H,11-18H2,1-2H3. The molecule has 5 nitrogen and oxygen atoms in total. The Kier molecular flexibility index (Phi) is 10.6. The molecule has 2 rings (SSSR count). The van der Waals surface area contributed by atoms with Crippen LogP contribution in [0.2, 0.25) is 0 Å². The number of rotatable bonds is 14. The Balaban J connectivity index is 1.72. The molecule has 0 aliphatic carbocycles. The first-order valence-corrected chi connectivity index (χ1v) is 10.2. The summed E-state index contributed by atoms with van der Waals surface area (Å²) in [7, 11) is 3.33. The van der Waals surface area contributed by atoms with Crippen molar-refractivity contribution in [3.8, 4) is 11.5 Å². The van der Waals surface area contributed by atoms with Gasteiger partial charge >= 0.3 is 0 Å². The van der Waals surface area contributed by atoms with E-state index in [0.29, 0.717) is 13.2 Å². The van der Waals surface area contributed by atoms with Crippen LogP contribution in [0.25, 0.3) is 0 Å². The Labute approximate surface area is 174 Å². The fraction of sp³-hybridized carbons (Fsp3) is 0.500. The monoisotopic (exact) mass is 402 g/mol. The summed E-state index contributed by atoms with van der Waals surface area (Å²) in [5.41, 5.74) is 2.21. The molecule has 2 aromatic rings. The Morgan fingerprint density at radius 1 is 0.690 bits per heavy atom. The first-order valence-electron chi connectivity index (χ1n) is 10.2. The largest absolute Gasteiger partial charge is 0.496 e. The minimum absolute atomic E-state index is 0.120. The second-order valence-corrected chi connectivity index (χ2v) is 7.32. The van der Waals surface area contributed by atoms with Crippen molar-refractivity contribution in [1.29, 1.82) is 0 Å². The molecule has 0 radical (unpaired) electrons. The van der Waals surface area contributed by atoms with Crippen molar-refractivity contribution in [3.05, 3.63) is 59.7 Å². The van der Waals surface area contributed by atoms with Gasteiger partial charge in [0.1, 0.15) is 11.5 Å². The van der Waals surface area contributed by atoms with E-state index in [2.05, 4.69) is 0 Å². The molecule has 0 spiro atoms. The van der Waals surface area contributed by atoms with Crippen LogP contribution in [0.5, 0.6) is 11.5 Å². The predicted molar refractivity (Wildman–Crippen MR) is 115 cm³/mol. The van der Waals surface area contributed by atoms with E-state index >= 15 is 0 Å². The van der Waals surface area contributed by atoms with Gasteiger partial charge in [-0.2, -0.15) is 0 Å². The van der Waals surface area contributed by atoms with Crippen LogP contribution in [0, 0.1) is 11.8 Å². The highest BCUT2D eigenvalue weighted by Gasteiger charge is 2.14. The highest BCUT2D eigenvalue weighted by atomic mass is 16.5. The van der Waals surface area contributed by atoms with Gasteiger partial charge in [-0.3, -0.25) is 0 Å². The zero-order valence-electron chi connectivity index (χ0n) is 17.5. The lowest BCUT2D eigenvalue weighted by Gasteiger charge is -2.18. The molecule has 0 aliphatic heterocycles. The van der Waals surface area contributed by atoms with Crippen LogP contribution < -0.4 is 9.47 Å². The van der Waals surface area contributed by atoms with Crippen LogP contribution in [-0.4, -0.2) is 50.9 Å². The molecule has 2 atom stereocenters. The van der Waals surface area contributed by atoms with Gasteiger partial charge in [-0.15, -0.1) is 0 Å². The second kappa shape index (κ2) is 13.2. The lowest BCUT2D eigenvalue weighted by molar-refractivity contribution is 0.0870. The lowest BCUT2D eigenvalue weighted by atomic mass is 9.96. The van der Waals surface area contributed by atoms with Gasteiger partial charge in [0.05, 0.1) is 14.2 Å². The molecule has 2 aromatic carbocycles. The Hall–Kier alpha value is -2.08. The molecule has 5 heteroatoms. The molecule has 0 amide bonds. The molecule has 160 valence electrons. The molecule has 29 heavy (non-hydrogen) atoms. The van der Waals surface area contributed by atoms with E-state index in [0.717, 1.165) is 48.3 Å². The van der Waals surface area contributed by atoms with Crippen molar-refractivity contribution in [2.45, 2.75) is 25.7 Å². The molecule has 2 unspecified atom stereocenters. The molecular weight excluding hydrogens is 368 g/mol. The molecule has 0 aliphatic rings. The van der Waals surface area contributed by atoms with E-state index in [1.165, 1.54) is 0 Å². The van der Waals surface area contributed by atoms with Gasteiger partial charge in [-0.25, -0.2) is 0 Å². The minimum atomic E-state index is 0.120. The highest BCUT2D eigenvalue weighted by Crippen LogP contribution is 2.23. The van der Waals surface area contributed by atoms with Crippen molar-refractivity contribution in [3.63, 3.8) is 0 Å². The SMILES string of the molecule is COc1ccccc1CC(CO)CCOCCC(CO)Cc1ccccc1OC. The molecule has 0 saturated carbocycles.